The monoisotopic (exact) mass is 506 g/mol. The first-order valence-electron chi connectivity index (χ1n) is 11.8. The number of nitrogens with two attached hydrogens (primary N) is 1. The van der Waals surface area contributed by atoms with E-state index in [0.717, 1.165) is 51.7 Å². The number of hydrogen-bond donors (Lipinski definition) is 1. The maximum Gasteiger partial charge on any atom is 0.404 e. The van der Waals surface area contributed by atoms with Gasteiger partial charge >= 0.3 is 6.09 Å². The number of ether oxygens (including phenoxy) is 2. The minimum Gasteiger partial charge on any atom is -0.493 e. The molecule has 184 valence electrons. The summed E-state index contributed by atoms with van der Waals surface area (Å²) >= 11 is 12.3. The van der Waals surface area contributed by atoms with Crippen molar-refractivity contribution in [3.8, 4) is 5.75 Å². The molecule has 0 saturated carbocycles. The van der Waals surface area contributed by atoms with Gasteiger partial charge in [-0.2, -0.15) is 0 Å². The Morgan fingerprint density at radius 1 is 1.12 bits per heavy atom. The highest BCUT2D eigenvalue weighted by Gasteiger charge is 2.23. The molecule has 8 heteroatoms. The molecule has 1 amide bonds. The summed E-state index contributed by atoms with van der Waals surface area (Å²) in [6.07, 6.45) is 4.04. The average Bonchev–Trinajstić information content (AvgIpc) is 2.82. The first-order valence-corrected chi connectivity index (χ1v) is 12.5. The molecule has 2 aromatic rings. The van der Waals surface area contributed by atoms with Crippen molar-refractivity contribution >= 4 is 35.1 Å². The van der Waals surface area contributed by atoms with Crippen LogP contribution in [0.4, 0.5) is 4.79 Å². The molecule has 0 bridgehead atoms. The van der Waals surface area contributed by atoms with Crippen molar-refractivity contribution in [1.29, 1.82) is 0 Å². The lowest BCUT2D eigenvalue weighted by atomic mass is 9.97. The number of amides is 1. The van der Waals surface area contributed by atoms with Gasteiger partial charge in [-0.15, -0.1) is 0 Å². The average molecular weight is 507 g/mol. The molecule has 1 heterocycles. The first-order chi connectivity index (χ1) is 16.4. The third-order valence-electron chi connectivity index (χ3n) is 6.11. The molecule has 0 aromatic heterocycles. The van der Waals surface area contributed by atoms with Gasteiger partial charge in [0.15, 0.2) is 5.78 Å². The van der Waals surface area contributed by atoms with Crippen LogP contribution in [-0.4, -0.2) is 49.1 Å². The highest BCUT2D eigenvalue weighted by molar-refractivity contribution is 6.35. The summed E-state index contributed by atoms with van der Waals surface area (Å²) in [6.45, 7) is 5.27. The summed E-state index contributed by atoms with van der Waals surface area (Å²) in [5.41, 5.74) is 6.19. The Labute approximate surface area is 211 Å². The van der Waals surface area contributed by atoms with Crippen molar-refractivity contribution in [3.05, 3.63) is 63.6 Å². The number of rotatable bonds is 11. The second-order valence-corrected chi connectivity index (χ2v) is 9.58. The highest BCUT2D eigenvalue weighted by Crippen LogP contribution is 2.27. The number of halogens is 2. The third kappa shape index (κ3) is 7.90. The maximum atomic E-state index is 12.7. The molecule has 2 aromatic carbocycles. The van der Waals surface area contributed by atoms with Crippen LogP contribution in [0, 0.1) is 5.92 Å². The van der Waals surface area contributed by atoms with Crippen molar-refractivity contribution in [2.24, 2.45) is 11.7 Å². The summed E-state index contributed by atoms with van der Waals surface area (Å²) < 4.78 is 11.3. The highest BCUT2D eigenvalue weighted by atomic mass is 35.5. The van der Waals surface area contributed by atoms with E-state index in [1.807, 2.05) is 0 Å². The molecule has 1 aliphatic heterocycles. The molecule has 0 radical (unpaired) electrons. The molecule has 1 aliphatic rings. The molecule has 1 saturated heterocycles. The van der Waals surface area contributed by atoms with Gasteiger partial charge in [-0.25, -0.2) is 4.79 Å². The zero-order chi connectivity index (χ0) is 24.5. The number of nitrogens with zero attached hydrogens (tertiary/aromatic N) is 1. The molecular formula is C26H32Cl2N2O4. The van der Waals surface area contributed by atoms with Crippen LogP contribution in [-0.2, 0) is 4.74 Å². The minimum atomic E-state index is -0.705. The van der Waals surface area contributed by atoms with E-state index < -0.39 is 6.09 Å². The fourth-order valence-corrected chi connectivity index (χ4v) is 4.53. The van der Waals surface area contributed by atoms with Crippen LogP contribution in [0.2, 0.25) is 10.0 Å². The summed E-state index contributed by atoms with van der Waals surface area (Å²) in [5.74, 6) is 0.921. The van der Waals surface area contributed by atoms with Gasteiger partial charge < -0.3 is 15.2 Å². The predicted molar refractivity (Wildman–Crippen MR) is 135 cm³/mol. The molecule has 0 aliphatic carbocycles. The Morgan fingerprint density at radius 3 is 2.44 bits per heavy atom. The second kappa shape index (κ2) is 13.0. The molecule has 0 unspecified atom stereocenters. The molecule has 6 nitrogen and oxygen atoms in total. The Kier molecular flexibility index (Phi) is 10.1. The van der Waals surface area contributed by atoms with E-state index in [4.69, 9.17) is 38.4 Å². The van der Waals surface area contributed by atoms with E-state index in [1.165, 1.54) is 0 Å². The Hall–Kier alpha value is -2.28. The number of benzene rings is 2. The topological polar surface area (TPSA) is 81.9 Å². The van der Waals surface area contributed by atoms with E-state index in [-0.39, 0.29) is 11.9 Å². The van der Waals surface area contributed by atoms with E-state index in [1.54, 1.807) is 42.5 Å². The summed E-state index contributed by atoms with van der Waals surface area (Å²) in [5, 5.41) is 0.937. The smallest absolute Gasteiger partial charge is 0.404 e. The lowest BCUT2D eigenvalue weighted by molar-refractivity contribution is 0.0539. The van der Waals surface area contributed by atoms with Crippen LogP contribution in [0.15, 0.2) is 42.5 Å². The number of hydrogen-bond acceptors (Lipinski definition) is 5. The fraction of sp³-hybridized carbons (Fsp3) is 0.462. The van der Waals surface area contributed by atoms with Gasteiger partial charge in [0.2, 0.25) is 0 Å². The first kappa shape index (κ1) is 26.3. The lowest BCUT2D eigenvalue weighted by Crippen LogP contribution is -2.41. The SMILES string of the molecule is CCCC[C@@H](CN1CCC(COc2ccc(C(=O)c3ccc(Cl)cc3)c(Cl)c2)CC1)OC(N)=O. The second-order valence-electron chi connectivity index (χ2n) is 8.73. The van der Waals surface area contributed by atoms with Crippen LogP contribution >= 0.6 is 23.2 Å². The van der Waals surface area contributed by atoms with Gasteiger partial charge in [-0.1, -0.05) is 36.5 Å². The molecule has 3 rings (SSSR count). The van der Waals surface area contributed by atoms with Crippen LogP contribution < -0.4 is 10.5 Å². The molecular weight excluding hydrogens is 475 g/mol. The number of unbranched alkanes of at least 4 members (excludes halogenated alkanes) is 1. The summed E-state index contributed by atoms with van der Waals surface area (Å²) in [4.78, 5) is 26.2. The number of carbonyl (C=O) groups excluding carboxylic acids is 2. The zero-order valence-corrected chi connectivity index (χ0v) is 21.0. The number of carbonyl (C=O) groups is 2. The zero-order valence-electron chi connectivity index (χ0n) is 19.5. The van der Waals surface area contributed by atoms with Gasteiger partial charge in [0, 0.05) is 22.7 Å². The predicted octanol–water partition coefficient (Wildman–Crippen LogP) is 5.97. The number of piperidine rings is 1. The van der Waals surface area contributed by atoms with Crippen LogP contribution in [0.1, 0.15) is 54.9 Å². The van der Waals surface area contributed by atoms with Crippen LogP contribution in [0.3, 0.4) is 0 Å². The van der Waals surface area contributed by atoms with Crippen molar-refractivity contribution in [1.82, 2.24) is 4.90 Å². The van der Waals surface area contributed by atoms with Gasteiger partial charge in [0.1, 0.15) is 11.9 Å². The summed E-state index contributed by atoms with van der Waals surface area (Å²) in [7, 11) is 0. The quantitative estimate of drug-likeness (QED) is 0.379. The molecule has 2 N–H and O–H groups in total. The van der Waals surface area contributed by atoms with E-state index >= 15 is 0 Å². The molecule has 0 spiro atoms. The largest absolute Gasteiger partial charge is 0.493 e. The van der Waals surface area contributed by atoms with Crippen molar-refractivity contribution in [3.63, 3.8) is 0 Å². The number of likely N-dealkylation sites (tertiary alicyclic amines) is 1. The summed E-state index contributed by atoms with van der Waals surface area (Å²) in [6, 6.07) is 11.9. The minimum absolute atomic E-state index is 0.151. The molecule has 1 atom stereocenters. The van der Waals surface area contributed by atoms with Crippen LogP contribution in [0.25, 0.3) is 0 Å². The maximum absolute atomic E-state index is 12.7. The Bertz CT molecular complexity index is 960. The van der Waals surface area contributed by atoms with Crippen molar-refractivity contribution in [2.75, 3.05) is 26.2 Å². The van der Waals surface area contributed by atoms with Crippen molar-refractivity contribution < 1.29 is 19.1 Å². The third-order valence-corrected chi connectivity index (χ3v) is 6.67. The standard InChI is InChI=1S/C26H32Cl2N2O4/c1-2-3-4-22(34-26(29)32)16-30-13-11-18(12-14-30)17-33-21-9-10-23(24(28)15-21)25(31)19-5-7-20(27)8-6-19/h5-10,15,18,22H,2-4,11-14,16-17H2,1H3,(H2,29,32)/t22-/m0/s1. The molecule has 1 fully saturated rings. The Balaban J connectivity index is 1.47. The lowest BCUT2D eigenvalue weighted by Gasteiger charge is -2.33. The van der Waals surface area contributed by atoms with E-state index in [0.29, 0.717) is 39.4 Å². The van der Waals surface area contributed by atoms with Crippen molar-refractivity contribution in [2.45, 2.75) is 45.1 Å². The molecule has 34 heavy (non-hydrogen) atoms. The Morgan fingerprint density at radius 2 is 1.82 bits per heavy atom. The van der Waals surface area contributed by atoms with Gasteiger partial charge in [0.25, 0.3) is 0 Å². The van der Waals surface area contributed by atoms with E-state index in [9.17, 15) is 9.59 Å². The number of primary amides is 1. The normalized spacial score (nSPS) is 15.6. The van der Waals surface area contributed by atoms with E-state index in [2.05, 4.69) is 11.8 Å². The van der Waals surface area contributed by atoms with Gasteiger partial charge in [-0.3, -0.25) is 9.69 Å². The van der Waals surface area contributed by atoms with Crippen LogP contribution in [0.5, 0.6) is 5.75 Å². The van der Waals surface area contributed by atoms with Gasteiger partial charge in [-0.05, 0) is 87.2 Å². The fourth-order valence-electron chi connectivity index (χ4n) is 4.15. The van der Waals surface area contributed by atoms with Gasteiger partial charge in [0.05, 0.1) is 11.6 Å². The number of ketones is 1.